The Bertz CT molecular complexity index is 1510. The van der Waals surface area contributed by atoms with E-state index in [1.165, 1.54) is 15.5 Å². The van der Waals surface area contributed by atoms with Crippen LogP contribution in [0.25, 0.3) is 22.0 Å². The van der Waals surface area contributed by atoms with Crippen molar-refractivity contribution in [2.24, 2.45) is 7.05 Å². The van der Waals surface area contributed by atoms with Gasteiger partial charge < -0.3 is 14.3 Å². The van der Waals surface area contributed by atoms with E-state index in [2.05, 4.69) is 4.98 Å². The predicted molar refractivity (Wildman–Crippen MR) is 120 cm³/mol. The Labute approximate surface area is 192 Å². The lowest BCUT2D eigenvalue weighted by Gasteiger charge is -2.18. The van der Waals surface area contributed by atoms with Crippen LogP contribution in [0.2, 0.25) is 0 Å². The van der Waals surface area contributed by atoms with Gasteiger partial charge in [0.15, 0.2) is 11.6 Å². The highest BCUT2D eigenvalue weighted by atomic mass is 19.1. The number of ether oxygens (including phenoxy) is 1. The van der Waals surface area contributed by atoms with E-state index < -0.39 is 11.6 Å². The molecule has 1 N–H and O–H groups in total. The number of benzene rings is 2. The zero-order valence-electron chi connectivity index (χ0n) is 18.1. The zero-order valence-corrected chi connectivity index (χ0v) is 18.1. The molecule has 0 aliphatic carbocycles. The number of fused-ring (bicyclic) bond motifs is 1. The molecule has 0 radical (unpaired) electrons. The van der Waals surface area contributed by atoms with Crippen molar-refractivity contribution >= 4 is 22.7 Å². The Morgan fingerprint density at radius 1 is 0.941 bits per heavy atom. The van der Waals surface area contributed by atoms with E-state index in [0.29, 0.717) is 27.6 Å². The van der Waals surface area contributed by atoms with Gasteiger partial charge in [-0.3, -0.25) is 19.3 Å². The fraction of sp³-hybridized carbons (Fsp3) is 0.160. The molecule has 2 amide bonds. The molecule has 1 aliphatic heterocycles. The monoisotopic (exact) mass is 463 g/mol. The Kier molecular flexibility index (Phi) is 5.24. The first-order chi connectivity index (χ1) is 16.3. The van der Waals surface area contributed by atoms with Crippen molar-refractivity contribution in [2.75, 3.05) is 0 Å². The largest absolute Gasteiger partial charge is 0.454 e. The summed E-state index contributed by atoms with van der Waals surface area (Å²) in [6.07, 6.45) is 3.64. The number of aromatic nitrogens is 2. The van der Waals surface area contributed by atoms with Crippen LogP contribution in [0, 0.1) is 11.6 Å². The van der Waals surface area contributed by atoms with Gasteiger partial charge >= 0.3 is 0 Å². The third-order valence-electron chi connectivity index (χ3n) is 5.84. The van der Waals surface area contributed by atoms with E-state index in [-0.39, 0.29) is 48.3 Å². The topological polar surface area (TPSA) is 84.4 Å². The number of hydrogen-bond acceptors (Lipinski definition) is 4. The Morgan fingerprint density at radius 3 is 2.41 bits per heavy atom. The lowest BCUT2D eigenvalue weighted by atomic mass is 10.00. The van der Waals surface area contributed by atoms with E-state index in [9.17, 15) is 23.2 Å². The summed E-state index contributed by atoms with van der Waals surface area (Å²) in [7, 11) is 1.61. The van der Waals surface area contributed by atoms with Gasteiger partial charge in [0.1, 0.15) is 17.1 Å². The Hall–Kier alpha value is -4.27. The molecule has 0 bridgehead atoms. The Morgan fingerprint density at radius 2 is 1.68 bits per heavy atom. The summed E-state index contributed by atoms with van der Waals surface area (Å²) in [4.78, 5) is 40.9. The molecule has 4 aromatic rings. The fourth-order valence-electron chi connectivity index (χ4n) is 4.12. The molecule has 1 saturated heterocycles. The summed E-state index contributed by atoms with van der Waals surface area (Å²) in [5, 5.41) is 0.623. The summed E-state index contributed by atoms with van der Waals surface area (Å²) >= 11 is 0. The van der Waals surface area contributed by atoms with Crippen LogP contribution in [0.3, 0.4) is 0 Å². The van der Waals surface area contributed by atoms with Crippen LogP contribution in [0.4, 0.5) is 8.78 Å². The number of halogens is 2. The molecule has 9 heteroatoms. The highest BCUT2D eigenvalue weighted by Gasteiger charge is 2.29. The number of carbonyl (C=O) groups is 2. The summed E-state index contributed by atoms with van der Waals surface area (Å²) in [5.74, 6) is -1.99. The van der Waals surface area contributed by atoms with Crippen LogP contribution in [0.5, 0.6) is 11.5 Å². The predicted octanol–water partition coefficient (Wildman–Crippen LogP) is 4.25. The molecule has 7 nitrogen and oxygen atoms in total. The average molecular weight is 463 g/mol. The third kappa shape index (κ3) is 3.75. The first-order valence-electron chi connectivity index (χ1n) is 10.6. The van der Waals surface area contributed by atoms with Gasteiger partial charge in [-0.1, -0.05) is 6.07 Å². The van der Waals surface area contributed by atoms with Gasteiger partial charge in [0, 0.05) is 54.9 Å². The van der Waals surface area contributed by atoms with Crippen molar-refractivity contribution in [3.05, 3.63) is 82.4 Å². The molecular formula is C25H19F2N3O4. The number of nitrogens with zero attached hydrogens (tertiary/aromatic N) is 2. The number of hydrogen-bond donors (Lipinski definition) is 1. The highest BCUT2D eigenvalue weighted by molar-refractivity contribution is 6.02. The van der Waals surface area contributed by atoms with E-state index in [1.54, 1.807) is 43.7 Å². The number of H-pyrrole nitrogens is 1. The lowest BCUT2D eigenvalue weighted by Crippen LogP contribution is -2.28. The van der Waals surface area contributed by atoms with Gasteiger partial charge in [0.05, 0.1) is 6.54 Å². The quantitative estimate of drug-likeness (QED) is 0.449. The van der Waals surface area contributed by atoms with Gasteiger partial charge in [0.25, 0.3) is 5.56 Å². The molecule has 3 heterocycles. The fourth-order valence-corrected chi connectivity index (χ4v) is 4.12. The number of rotatable bonds is 5. The van der Waals surface area contributed by atoms with Crippen LogP contribution in [0.15, 0.2) is 59.7 Å². The van der Waals surface area contributed by atoms with Crippen molar-refractivity contribution in [1.82, 2.24) is 14.5 Å². The minimum Gasteiger partial charge on any atom is -0.454 e. The first-order valence-corrected chi connectivity index (χ1v) is 10.6. The van der Waals surface area contributed by atoms with Crippen LogP contribution in [-0.4, -0.2) is 26.3 Å². The van der Waals surface area contributed by atoms with Crippen molar-refractivity contribution in [1.29, 1.82) is 0 Å². The molecule has 172 valence electrons. The van der Waals surface area contributed by atoms with Gasteiger partial charge in [-0.05, 0) is 35.9 Å². The third-order valence-corrected chi connectivity index (χ3v) is 5.84. The van der Waals surface area contributed by atoms with Crippen LogP contribution < -0.4 is 10.3 Å². The molecule has 0 atom stereocenters. The molecule has 0 saturated carbocycles. The zero-order chi connectivity index (χ0) is 24.0. The van der Waals surface area contributed by atoms with Gasteiger partial charge in [-0.2, -0.15) is 0 Å². The summed E-state index contributed by atoms with van der Waals surface area (Å²) < 4.78 is 34.9. The molecule has 2 aromatic heterocycles. The second-order valence-electron chi connectivity index (χ2n) is 8.11. The van der Waals surface area contributed by atoms with E-state index >= 15 is 0 Å². The smallest absolute Gasteiger partial charge is 0.274 e. The van der Waals surface area contributed by atoms with Crippen LogP contribution in [-0.2, 0) is 23.2 Å². The SMILES string of the molecule is Cn1cc(-c2cc(CN3C(=O)CCC3=O)ccc2Oc2ccc(F)cc2F)c2cc[nH]c2c1=O. The number of nitrogens with one attached hydrogen (secondary N) is 1. The molecule has 1 aliphatic rings. The van der Waals surface area contributed by atoms with Crippen molar-refractivity contribution < 1.29 is 23.1 Å². The first kappa shape index (κ1) is 21.6. The maximum atomic E-state index is 14.3. The summed E-state index contributed by atoms with van der Waals surface area (Å²) in [6, 6.07) is 9.77. The van der Waals surface area contributed by atoms with Crippen LogP contribution >= 0.6 is 0 Å². The van der Waals surface area contributed by atoms with E-state index in [0.717, 1.165) is 12.1 Å². The van der Waals surface area contributed by atoms with Gasteiger partial charge in [0.2, 0.25) is 11.8 Å². The number of aryl methyl sites for hydroxylation is 1. The standard InChI is InChI=1S/C25H19F2N3O4/c1-29-13-18(16-8-9-28-24(16)25(29)33)17-10-14(12-30-22(31)6-7-23(30)32)2-4-20(17)34-21-5-3-15(26)11-19(21)27/h2-5,8-11,13,28H,6-7,12H2,1H3. The number of aromatic amines is 1. The van der Waals surface area contributed by atoms with E-state index in [4.69, 9.17) is 4.74 Å². The second-order valence-corrected chi connectivity index (χ2v) is 8.11. The van der Waals surface area contributed by atoms with Crippen molar-refractivity contribution in [2.45, 2.75) is 19.4 Å². The van der Waals surface area contributed by atoms with E-state index in [1.807, 2.05) is 0 Å². The molecule has 34 heavy (non-hydrogen) atoms. The second kappa shape index (κ2) is 8.26. The summed E-state index contributed by atoms with van der Waals surface area (Å²) in [5.41, 5.74) is 1.95. The summed E-state index contributed by atoms with van der Waals surface area (Å²) in [6.45, 7) is 0.0812. The number of carbonyl (C=O) groups excluding carboxylic acids is 2. The Balaban J connectivity index is 1.66. The molecular weight excluding hydrogens is 444 g/mol. The number of imide groups is 1. The van der Waals surface area contributed by atoms with Crippen molar-refractivity contribution in [3.8, 4) is 22.6 Å². The molecule has 0 unspecified atom stereocenters. The molecule has 5 rings (SSSR count). The molecule has 0 spiro atoms. The molecule has 1 fully saturated rings. The molecule has 2 aromatic carbocycles. The van der Waals surface area contributed by atoms with Crippen molar-refractivity contribution in [3.63, 3.8) is 0 Å². The lowest BCUT2D eigenvalue weighted by molar-refractivity contribution is -0.139. The normalized spacial score (nSPS) is 13.8. The average Bonchev–Trinajstić information content (AvgIpc) is 3.42. The number of likely N-dealkylation sites (tertiary alicyclic amines) is 1. The minimum absolute atomic E-state index is 0.0812. The minimum atomic E-state index is -0.865. The maximum absolute atomic E-state index is 14.3. The number of amides is 2. The van der Waals surface area contributed by atoms with Crippen LogP contribution in [0.1, 0.15) is 18.4 Å². The number of pyridine rings is 1. The highest BCUT2D eigenvalue weighted by Crippen LogP contribution is 2.38. The maximum Gasteiger partial charge on any atom is 0.274 e. The van der Waals surface area contributed by atoms with Gasteiger partial charge in [-0.25, -0.2) is 8.78 Å². The van der Waals surface area contributed by atoms with Gasteiger partial charge in [-0.15, -0.1) is 0 Å².